The van der Waals surface area contributed by atoms with Crippen LogP contribution in [0, 0.1) is 10.1 Å². The summed E-state index contributed by atoms with van der Waals surface area (Å²) in [5.41, 5.74) is -0.217. The Labute approximate surface area is 110 Å². The Morgan fingerprint density at radius 2 is 2.07 bits per heavy atom. The fraction of sp³-hybridized carbons (Fsp3) is 0.143. The van der Waals surface area contributed by atoms with E-state index in [2.05, 4.69) is 4.18 Å². The molecule has 0 saturated heterocycles. The number of hydrogen-bond acceptors (Lipinski definition) is 5. The minimum Gasteiger partial charge on any atom is -1.00 e. The molecule has 0 fully saturated rings. The first-order valence-corrected chi connectivity index (χ1v) is 5.34. The predicted octanol–water partition coefficient (Wildman–Crippen LogP) is -1.95. The average Bonchev–Trinajstić information content (AvgIpc) is 2.01. The van der Waals surface area contributed by atoms with E-state index in [1.54, 1.807) is 0 Å². The Balaban J connectivity index is 0. The first kappa shape index (κ1) is 14.4. The van der Waals surface area contributed by atoms with Gasteiger partial charge in [0, 0.05) is 6.07 Å². The monoisotopic (exact) mass is 241 g/mol. The van der Waals surface area contributed by atoms with E-state index in [0.29, 0.717) is 0 Å². The summed E-state index contributed by atoms with van der Waals surface area (Å²) in [5.74, 6) is -0.0679. The van der Waals surface area contributed by atoms with Crippen LogP contribution >= 0.6 is 0 Å². The van der Waals surface area contributed by atoms with Crippen LogP contribution in [0.1, 0.15) is 1.43 Å². The molecule has 0 bridgehead atoms. The van der Waals surface area contributed by atoms with Gasteiger partial charge in [-0.3, -0.25) is 10.1 Å². The minimum atomic E-state index is -3.64. The number of non-ortho nitro benzene ring substituents is 1. The average molecular weight is 241 g/mol. The maximum Gasteiger partial charge on any atom is 1.00 e. The van der Waals surface area contributed by atoms with E-state index in [9.17, 15) is 18.5 Å². The van der Waals surface area contributed by atoms with Crippen molar-refractivity contribution in [3.63, 3.8) is 0 Å². The summed E-state index contributed by atoms with van der Waals surface area (Å²) in [5, 5.41) is 10.3. The van der Waals surface area contributed by atoms with Gasteiger partial charge in [-0.25, -0.2) is 0 Å². The molecule has 0 unspecified atom stereocenters. The number of rotatable bonds is 3. The van der Waals surface area contributed by atoms with Crippen molar-refractivity contribution in [2.75, 3.05) is 6.26 Å². The van der Waals surface area contributed by atoms with Gasteiger partial charge >= 0.3 is 39.7 Å². The molecule has 0 aromatic heterocycles. The molecule has 78 valence electrons. The number of nitrogens with zero attached hydrogens (tertiary/aromatic N) is 1. The van der Waals surface area contributed by atoms with E-state index in [0.717, 1.165) is 12.3 Å². The van der Waals surface area contributed by atoms with Crippen molar-refractivity contribution in [3.8, 4) is 5.75 Å². The quantitative estimate of drug-likeness (QED) is 0.266. The smallest absolute Gasteiger partial charge is 1.00 e. The number of hydrogen-bond donors (Lipinski definition) is 0. The molecule has 0 spiro atoms. The molecule has 15 heavy (non-hydrogen) atoms. The Kier molecular flexibility index (Phi) is 5.22. The maximum atomic E-state index is 10.7. The molecule has 0 aliphatic heterocycles. The zero-order valence-corrected chi connectivity index (χ0v) is 11.0. The Bertz CT molecular complexity index is 464. The summed E-state index contributed by atoms with van der Waals surface area (Å²) in [6.45, 7) is 0. The molecule has 6 nitrogen and oxygen atoms in total. The summed E-state index contributed by atoms with van der Waals surface area (Å²) in [6.07, 6.45) is 0.867. The molecule has 0 aliphatic carbocycles. The van der Waals surface area contributed by atoms with Crippen LogP contribution in [0.15, 0.2) is 24.3 Å². The number of nitro groups is 1. The molecule has 0 saturated carbocycles. The van der Waals surface area contributed by atoms with Crippen molar-refractivity contribution in [2.45, 2.75) is 0 Å². The first-order valence-electron chi connectivity index (χ1n) is 3.52. The number of benzene rings is 1. The Morgan fingerprint density at radius 1 is 1.47 bits per heavy atom. The normalized spacial score (nSPS) is 10.2. The van der Waals surface area contributed by atoms with E-state index in [4.69, 9.17) is 0 Å². The van der Waals surface area contributed by atoms with Crippen molar-refractivity contribution >= 4 is 15.8 Å². The van der Waals surface area contributed by atoms with Crippen LogP contribution in [0.25, 0.3) is 0 Å². The topological polar surface area (TPSA) is 86.5 Å². The zero-order valence-electron chi connectivity index (χ0n) is 9.21. The van der Waals surface area contributed by atoms with Crippen molar-refractivity contribution < 1.29 is 48.5 Å². The summed E-state index contributed by atoms with van der Waals surface area (Å²) >= 11 is 0. The van der Waals surface area contributed by atoms with Crippen LogP contribution in [0.2, 0.25) is 0 Å². The number of nitro benzene ring substituents is 1. The molecule has 0 N–H and O–H groups in total. The summed E-state index contributed by atoms with van der Waals surface area (Å²) in [6, 6.07) is 4.96. The molecule has 1 aromatic rings. The SMILES string of the molecule is CS(=O)(=O)Oc1cccc([N+](=O)[O-])c1.[H-].[Na+]. The largest absolute Gasteiger partial charge is 1.00 e. The minimum absolute atomic E-state index is 0. The molecule has 0 heterocycles. The van der Waals surface area contributed by atoms with Gasteiger partial charge in [-0.15, -0.1) is 0 Å². The van der Waals surface area contributed by atoms with Crippen molar-refractivity contribution in [3.05, 3.63) is 34.4 Å². The fourth-order valence-electron chi connectivity index (χ4n) is 0.824. The summed E-state index contributed by atoms with van der Waals surface area (Å²) in [7, 11) is -3.64. The molecule has 0 aliphatic rings. The van der Waals surface area contributed by atoms with Crippen molar-refractivity contribution in [1.29, 1.82) is 0 Å². The van der Waals surface area contributed by atoms with Crippen LogP contribution in [0.5, 0.6) is 5.75 Å². The van der Waals surface area contributed by atoms with Gasteiger partial charge in [-0.05, 0) is 6.07 Å². The second kappa shape index (κ2) is 5.45. The molecular formula is C7H8NNaO5S. The molecule has 1 rings (SSSR count). The van der Waals surface area contributed by atoms with Crippen LogP contribution in [0.3, 0.4) is 0 Å². The fourth-order valence-corrected chi connectivity index (χ4v) is 1.28. The van der Waals surface area contributed by atoms with Crippen LogP contribution in [-0.2, 0) is 10.1 Å². The standard InChI is InChI=1S/C7H7NO5S.Na.H/c1-14(11,12)13-7-4-2-3-6(5-7)8(9)10;;/h2-5H,1H3;;/q;+1;-1. The molecule has 0 amide bonds. The molecule has 0 atom stereocenters. The van der Waals surface area contributed by atoms with Crippen LogP contribution in [0.4, 0.5) is 5.69 Å². The van der Waals surface area contributed by atoms with Gasteiger partial charge in [-0.2, -0.15) is 8.42 Å². The Morgan fingerprint density at radius 3 is 2.53 bits per heavy atom. The molecule has 1 aromatic carbocycles. The van der Waals surface area contributed by atoms with Gasteiger partial charge < -0.3 is 5.61 Å². The van der Waals surface area contributed by atoms with E-state index < -0.39 is 15.0 Å². The van der Waals surface area contributed by atoms with Crippen molar-refractivity contribution in [1.82, 2.24) is 0 Å². The maximum absolute atomic E-state index is 10.7. The van der Waals surface area contributed by atoms with Gasteiger partial charge in [-0.1, -0.05) is 6.07 Å². The third kappa shape index (κ3) is 5.12. The second-order valence-electron chi connectivity index (χ2n) is 2.54. The van der Waals surface area contributed by atoms with Crippen LogP contribution < -0.4 is 33.7 Å². The summed E-state index contributed by atoms with van der Waals surface area (Å²) < 4.78 is 25.8. The van der Waals surface area contributed by atoms with E-state index in [1.807, 2.05) is 0 Å². The van der Waals surface area contributed by atoms with E-state index in [-0.39, 0.29) is 42.4 Å². The zero-order chi connectivity index (χ0) is 10.8. The first-order chi connectivity index (χ1) is 6.38. The van der Waals surface area contributed by atoms with Gasteiger partial charge in [0.25, 0.3) is 5.69 Å². The van der Waals surface area contributed by atoms with Gasteiger partial charge in [0.05, 0.1) is 17.2 Å². The van der Waals surface area contributed by atoms with Crippen molar-refractivity contribution in [2.24, 2.45) is 0 Å². The van der Waals surface area contributed by atoms with Gasteiger partial charge in [0.15, 0.2) is 0 Å². The summed E-state index contributed by atoms with van der Waals surface area (Å²) in [4.78, 5) is 9.69. The second-order valence-corrected chi connectivity index (χ2v) is 4.12. The molecule has 8 heteroatoms. The molecular weight excluding hydrogens is 233 g/mol. The molecule has 0 radical (unpaired) electrons. The van der Waals surface area contributed by atoms with Gasteiger partial charge in [0.1, 0.15) is 5.75 Å². The Hall–Kier alpha value is -0.630. The van der Waals surface area contributed by atoms with E-state index >= 15 is 0 Å². The van der Waals surface area contributed by atoms with E-state index in [1.165, 1.54) is 18.2 Å². The predicted molar refractivity (Wildman–Crippen MR) is 49.7 cm³/mol. The third-order valence-corrected chi connectivity index (χ3v) is 1.77. The van der Waals surface area contributed by atoms with Gasteiger partial charge in [0.2, 0.25) is 0 Å². The third-order valence-electron chi connectivity index (χ3n) is 1.28. The van der Waals surface area contributed by atoms with Crippen LogP contribution in [-0.4, -0.2) is 19.6 Å².